The molecule has 7 aromatic carbocycles. The van der Waals surface area contributed by atoms with Crippen LogP contribution in [0, 0.1) is 0 Å². The lowest BCUT2D eigenvalue weighted by Crippen LogP contribution is -2.20. The number of hydrogen-bond donors (Lipinski definition) is 0. The van der Waals surface area contributed by atoms with Gasteiger partial charge in [0.15, 0.2) is 17.5 Å². The summed E-state index contributed by atoms with van der Waals surface area (Å²) in [5.74, 6) is 2.71. The molecule has 0 N–H and O–H groups in total. The first-order valence-electron chi connectivity index (χ1n) is 17.6. The molecule has 0 saturated carbocycles. The molecule has 5 nitrogen and oxygen atoms in total. The van der Waals surface area contributed by atoms with Gasteiger partial charge in [-0.1, -0.05) is 133 Å². The molecule has 2 aliphatic rings. The van der Waals surface area contributed by atoms with Crippen molar-refractivity contribution in [1.82, 2.24) is 15.0 Å². The van der Waals surface area contributed by atoms with Crippen molar-refractivity contribution in [3.05, 3.63) is 175 Å². The van der Waals surface area contributed by atoms with Crippen molar-refractivity contribution in [3.8, 4) is 39.7 Å². The second kappa shape index (κ2) is 11.3. The van der Waals surface area contributed by atoms with Gasteiger partial charge in [-0.15, -0.1) is 0 Å². The Hall–Kier alpha value is -6.85. The van der Waals surface area contributed by atoms with E-state index >= 15 is 0 Å². The molecule has 0 saturated heterocycles. The van der Waals surface area contributed by atoms with Crippen LogP contribution >= 0.6 is 0 Å². The fourth-order valence-corrected chi connectivity index (χ4v) is 8.02. The Morgan fingerprint density at radius 2 is 1.19 bits per heavy atom. The molecule has 244 valence electrons. The lowest BCUT2D eigenvalue weighted by molar-refractivity contribution is 0.272. The van der Waals surface area contributed by atoms with Crippen molar-refractivity contribution in [3.63, 3.8) is 0 Å². The summed E-state index contributed by atoms with van der Waals surface area (Å²) in [5.41, 5.74) is 7.83. The van der Waals surface area contributed by atoms with Gasteiger partial charge in [0, 0.05) is 38.6 Å². The normalized spacial score (nSPS) is 16.3. The largest absolute Gasteiger partial charge is 0.484 e. The zero-order chi connectivity index (χ0) is 34.2. The molecule has 2 unspecified atom stereocenters. The fourth-order valence-electron chi connectivity index (χ4n) is 8.02. The van der Waals surface area contributed by atoms with Gasteiger partial charge in [-0.2, -0.15) is 0 Å². The van der Waals surface area contributed by atoms with Gasteiger partial charge in [-0.25, -0.2) is 15.0 Å². The molecule has 11 rings (SSSR count). The van der Waals surface area contributed by atoms with E-state index in [9.17, 15) is 0 Å². The molecule has 0 amide bonds. The van der Waals surface area contributed by atoms with Crippen molar-refractivity contribution in [1.29, 1.82) is 0 Å². The number of benzene rings is 7. The summed E-state index contributed by atoms with van der Waals surface area (Å²) in [6.45, 7) is 0. The molecule has 0 spiro atoms. The van der Waals surface area contributed by atoms with E-state index in [-0.39, 0.29) is 12.0 Å². The van der Waals surface area contributed by atoms with Crippen molar-refractivity contribution < 1.29 is 9.15 Å². The van der Waals surface area contributed by atoms with Gasteiger partial charge in [0.2, 0.25) is 0 Å². The van der Waals surface area contributed by atoms with Gasteiger partial charge in [-0.05, 0) is 57.4 Å². The highest BCUT2D eigenvalue weighted by molar-refractivity contribution is 6.08. The highest BCUT2D eigenvalue weighted by Gasteiger charge is 2.40. The van der Waals surface area contributed by atoms with Crippen LogP contribution in [0.4, 0.5) is 0 Å². The van der Waals surface area contributed by atoms with E-state index in [1.54, 1.807) is 0 Å². The molecule has 2 aromatic heterocycles. The number of hydrogen-bond acceptors (Lipinski definition) is 5. The van der Waals surface area contributed by atoms with E-state index < -0.39 is 0 Å². The van der Waals surface area contributed by atoms with Gasteiger partial charge in [0.05, 0.1) is 5.92 Å². The van der Waals surface area contributed by atoms with Crippen LogP contribution in [0.5, 0.6) is 5.75 Å². The first-order chi connectivity index (χ1) is 25.7. The highest BCUT2D eigenvalue weighted by atomic mass is 16.5. The van der Waals surface area contributed by atoms with E-state index in [0.29, 0.717) is 17.5 Å². The summed E-state index contributed by atoms with van der Waals surface area (Å²) in [6, 6.07) is 50.5. The summed E-state index contributed by atoms with van der Waals surface area (Å²) in [7, 11) is 0. The second-order valence-electron chi connectivity index (χ2n) is 13.5. The summed E-state index contributed by atoms with van der Waals surface area (Å²) in [4.78, 5) is 15.4. The molecule has 52 heavy (non-hydrogen) atoms. The molecule has 0 fully saturated rings. The third kappa shape index (κ3) is 4.53. The lowest BCUT2D eigenvalue weighted by atomic mass is 9.83. The monoisotopic (exact) mass is 667 g/mol. The predicted octanol–water partition coefficient (Wildman–Crippen LogP) is 11.6. The van der Waals surface area contributed by atoms with Crippen LogP contribution < -0.4 is 4.74 Å². The van der Waals surface area contributed by atoms with Crippen molar-refractivity contribution in [2.45, 2.75) is 12.0 Å². The Morgan fingerprint density at radius 3 is 2.12 bits per heavy atom. The number of furan rings is 1. The van der Waals surface area contributed by atoms with Crippen LogP contribution in [-0.2, 0) is 0 Å². The van der Waals surface area contributed by atoms with E-state index in [1.807, 2.05) is 48.5 Å². The first kappa shape index (κ1) is 28.9. The van der Waals surface area contributed by atoms with Crippen LogP contribution in [0.1, 0.15) is 17.3 Å². The average molecular weight is 668 g/mol. The Labute approximate surface area is 299 Å². The molecule has 9 aromatic rings. The maximum atomic E-state index is 6.80. The van der Waals surface area contributed by atoms with Crippen LogP contribution in [0.3, 0.4) is 0 Å². The third-order valence-electron chi connectivity index (χ3n) is 10.5. The smallest absolute Gasteiger partial charge is 0.164 e. The minimum atomic E-state index is -0.194. The molecule has 2 atom stereocenters. The zero-order valence-electron chi connectivity index (χ0n) is 27.9. The Balaban J connectivity index is 1.04. The number of fused-ring (bicyclic) bond motifs is 9. The topological polar surface area (TPSA) is 61.0 Å². The van der Waals surface area contributed by atoms with Crippen molar-refractivity contribution >= 4 is 49.1 Å². The number of ether oxygens (including phenoxy) is 1. The molecule has 3 heterocycles. The maximum Gasteiger partial charge on any atom is 0.164 e. The number of nitrogens with zero attached hydrogens (tertiary/aromatic N) is 3. The van der Waals surface area contributed by atoms with E-state index in [4.69, 9.17) is 24.1 Å². The fraction of sp³-hybridized carbons (Fsp3) is 0.0426. The highest BCUT2D eigenvalue weighted by Crippen LogP contribution is 2.51. The molecular formula is C47H29N3O2. The Morgan fingerprint density at radius 1 is 0.481 bits per heavy atom. The molecule has 1 aliphatic carbocycles. The summed E-state index contributed by atoms with van der Waals surface area (Å²) in [6.07, 6.45) is 6.14. The minimum absolute atomic E-state index is 0.0864. The van der Waals surface area contributed by atoms with Gasteiger partial charge in [0.1, 0.15) is 23.0 Å². The number of rotatable bonds is 4. The van der Waals surface area contributed by atoms with Crippen LogP contribution in [0.15, 0.2) is 168 Å². The minimum Gasteiger partial charge on any atom is -0.484 e. The predicted molar refractivity (Wildman–Crippen MR) is 209 cm³/mol. The van der Waals surface area contributed by atoms with Gasteiger partial charge < -0.3 is 9.15 Å². The van der Waals surface area contributed by atoms with E-state index in [2.05, 4.69) is 115 Å². The molecule has 1 aliphatic heterocycles. The summed E-state index contributed by atoms with van der Waals surface area (Å²) < 4.78 is 13.1. The van der Waals surface area contributed by atoms with E-state index in [1.165, 1.54) is 16.2 Å². The van der Waals surface area contributed by atoms with Gasteiger partial charge in [-0.3, -0.25) is 0 Å². The number of para-hydroxylation sites is 2. The van der Waals surface area contributed by atoms with Crippen molar-refractivity contribution in [2.24, 2.45) is 0 Å². The average Bonchev–Trinajstić information content (AvgIpc) is 3.79. The van der Waals surface area contributed by atoms with Gasteiger partial charge >= 0.3 is 0 Å². The molecular weight excluding hydrogens is 639 g/mol. The van der Waals surface area contributed by atoms with Gasteiger partial charge in [0.25, 0.3) is 0 Å². The summed E-state index contributed by atoms with van der Waals surface area (Å²) >= 11 is 0. The standard InChI is InChI=1S/C47H29N3O2/c1-2-11-29(12-3-1)45-48-46(32-23-24-34-30(26-32)21-20-28-10-4-5-13-33(28)34)50-47(49-45)39-17-9-19-41-43(39)38-16-8-15-35(44(38)52-41)31-22-25-37-36-14-6-7-18-40(36)51-42(37)27-31/h1-27,41,43H. The van der Waals surface area contributed by atoms with Crippen LogP contribution in [0.2, 0.25) is 0 Å². The van der Waals surface area contributed by atoms with Crippen LogP contribution in [-0.4, -0.2) is 21.1 Å². The second-order valence-corrected chi connectivity index (χ2v) is 13.5. The lowest BCUT2D eigenvalue weighted by Gasteiger charge is -2.22. The van der Waals surface area contributed by atoms with E-state index in [0.717, 1.165) is 66.5 Å². The number of aromatic nitrogens is 3. The van der Waals surface area contributed by atoms with Crippen molar-refractivity contribution in [2.75, 3.05) is 0 Å². The SMILES string of the molecule is C1=CC2Oc3c(-c4ccc5c(c4)oc4ccccc45)cccc3C2C(c2nc(-c3ccccc3)nc(-c3ccc4c(ccc5ccccc54)c3)n2)=C1. The zero-order valence-corrected chi connectivity index (χ0v) is 27.9. The third-order valence-corrected chi connectivity index (χ3v) is 10.5. The quantitative estimate of drug-likeness (QED) is 0.175. The van der Waals surface area contributed by atoms with Crippen LogP contribution in [0.25, 0.3) is 83.0 Å². The maximum absolute atomic E-state index is 6.80. The summed E-state index contributed by atoms with van der Waals surface area (Å²) in [5, 5.41) is 7.03. The first-order valence-corrected chi connectivity index (χ1v) is 17.6. The molecule has 5 heteroatoms. The molecule has 0 bridgehead atoms. The number of allylic oxidation sites excluding steroid dienone is 2. The molecule has 0 radical (unpaired) electrons. The Bertz CT molecular complexity index is 2960. The Kier molecular flexibility index (Phi) is 6.31.